The molecule has 2 N–H and O–H groups in total. The van der Waals surface area contributed by atoms with Crippen molar-refractivity contribution in [3.8, 4) is 0 Å². The van der Waals surface area contributed by atoms with Crippen LogP contribution in [0.5, 0.6) is 0 Å². The molecule has 0 fully saturated rings. The Morgan fingerprint density at radius 2 is 1.79 bits per heavy atom. The van der Waals surface area contributed by atoms with Crippen molar-refractivity contribution >= 4 is 23.5 Å². The van der Waals surface area contributed by atoms with Gasteiger partial charge in [-0.3, -0.25) is 0 Å². The van der Waals surface area contributed by atoms with Gasteiger partial charge in [0, 0.05) is 6.54 Å². The molecule has 100 valence electrons. The van der Waals surface area contributed by atoms with Crippen LogP contribution in [-0.2, 0) is 0 Å². The molecule has 1 aromatic carbocycles. The standard InChI is InChI=1S/C13H16ClN5/c1-3-15-12-17-11(14)18-13(19-12)16-9(2)10-7-5-4-6-8-10/h4-9H,3H2,1-2H3,(H2,15,16,17,18,19)/t9-/m0/s1. The first-order valence-corrected chi connectivity index (χ1v) is 6.53. The summed E-state index contributed by atoms with van der Waals surface area (Å²) in [6.45, 7) is 4.74. The minimum Gasteiger partial charge on any atom is -0.354 e. The number of nitrogens with one attached hydrogen (secondary N) is 2. The van der Waals surface area contributed by atoms with Crippen LogP contribution in [-0.4, -0.2) is 21.5 Å². The summed E-state index contributed by atoms with van der Waals surface area (Å²) >= 11 is 5.87. The fraction of sp³-hybridized carbons (Fsp3) is 0.308. The Bertz CT molecular complexity index is 532. The quantitative estimate of drug-likeness (QED) is 0.879. The summed E-state index contributed by atoms with van der Waals surface area (Å²) in [5, 5.41) is 6.40. The molecule has 1 heterocycles. The lowest BCUT2D eigenvalue weighted by atomic mass is 10.1. The highest BCUT2D eigenvalue weighted by atomic mass is 35.5. The molecule has 0 amide bonds. The third kappa shape index (κ3) is 3.79. The van der Waals surface area contributed by atoms with Gasteiger partial charge in [0.15, 0.2) is 0 Å². The van der Waals surface area contributed by atoms with Gasteiger partial charge >= 0.3 is 0 Å². The summed E-state index contributed by atoms with van der Waals surface area (Å²) in [6.07, 6.45) is 0. The van der Waals surface area contributed by atoms with Gasteiger partial charge in [-0.2, -0.15) is 15.0 Å². The van der Waals surface area contributed by atoms with Gasteiger partial charge in [0.05, 0.1) is 6.04 Å². The maximum Gasteiger partial charge on any atom is 0.229 e. The molecular weight excluding hydrogens is 262 g/mol. The predicted octanol–water partition coefficient (Wildman–Crippen LogP) is 3.13. The summed E-state index contributed by atoms with van der Waals surface area (Å²) < 4.78 is 0. The Balaban J connectivity index is 2.14. The van der Waals surface area contributed by atoms with E-state index in [0.29, 0.717) is 11.9 Å². The number of benzene rings is 1. The van der Waals surface area contributed by atoms with E-state index in [1.807, 2.05) is 44.2 Å². The molecule has 2 aromatic rings. The van der Waals surface area contributed by atoms with E-state index >= 15 is 0 Å². The van der Waals surface area contributed by atoms with Crippen LogP contribution in [0.2, 0.25) is 5.28 Å². The highest BCUT2D eigenvalue weighted by Crippen LogP contribution is 2.18. The minimum absolute atomic E-state index is 0.0918. The molecule has 0 bridgehead atoms. The monoisotopic (exact) mass is 277 g/mol. The molecule has 2 rings (SSSR count). The van der Waals surface area contributed by atoms with E-state index in [9.17, 15) is 0 Å². The van der Waals surface area contributed by atoms with Gasteiger partial charge in [0.1, 0.15) is 0 Å². The second-order valence-corrected chi connectivity index (χ2v) is 4.40. The average Bonchev–Trinajstić information content (AvgIpc) is 2.39. The van der Waals surface area contributed by atoms with E-state index in [1.165, 1.54) is 0 Å². The number of rotatable bonds is 5. The SMILES string of the molecule is CCNc1nc(Cl)nc(N[C@@H](C)c2ccccc2)n1. The summed E-state index contributed by atoms with van der Waals surface area (Å²) in [4.78, 5) is 12.3. The van der Waals surface area contributed by atoms with Gasteiger partial charge in [-0.25, -0.2) is 0 Å². The van der Waals surface area contributed by atoms with Gasteiger partial charge in [-0.15, -0.1) is 0 Å². The first-order valence-electron chi connectivity index (χ1n) is 6.16. The summed E-state index contributed by atoms with van der Waals surface area (Å²) in [6, 6.07) is 10.2. The average molecular weight is 278 g/mol. The Morgan fingerprint density at radius 1 is 1.11 bits per heavy atom. The Kier molecular flexibility index (Phi) is 4.52. The molecule has 1 aromatic heterocycles. The maximum atomic E-state index is 5.87. The van der Waals surface area contributed by atoms with Crippen molar-refractivity contribution in [1.29, 1.82) is 0 Å². The van der Waals surface area contributed by atoms with Crippen molar-refractivity contribution in [3.05, 3.63) is 41.2 Å². The largest absolute Gasteiger partial charge is 0.354 e. The Morgan fingerprint density at radius 3 is 2.47 bits per heavy atom. The lowest BCUT2D eigenvalue weighted by molar-refractivity contribution is 0.853. The highest BCUT2D eigenvalue weighted by Gasteiger charge is 2.09. The maximum absolute atomic E-state index is 5.87. The van der Waals surface area contributed by atoms with E-state index in [1.54, 1.807) is 0 Å². The van der Waals surface area contributed by atoms with E-state index in [4.69, 9.17) is 11.6 Å². The number of aromatic nitrogens is 3. The van der Waals surface area contributed by atoms with Gasteiger partial charge < -0.3 is 10.6 Å². The second-order valence-electron chi connectivity index (χ2n) is 4.06. The van der Waals surface area contributed by atoms with Crippen LogP contribution in [0, 0.1) is 0 Å². The van der Waals surface area contributed by atoms with E-state index in [0.717, 1.165) is 12.1 Å². The number of anilines is 2. The van der Waals surface area contributed by atoms with Crippen molar-refractivity contribution < 1.29 is 0 Å². The number of nitrogens with zero attached hydrogens (tertiary/aromatic N) is 3. The van der Waals surface area contributed by atoms with E-state index in [-0.39, 0.29) is 11.3 Å². The first kappa shape index (κ1) is 13.5. The normalized spacial score (nSPS) is 11.9. The van der Waals surface area contributed by atoms with Crippen molar-refractivity contribution in [3.63, 3.8) is 0 Å². The molecule has 0 radical (unpaired) electrons. The highest BCUT2D eigenvalue weighted by molar-refractivity contribution is 6.28. The molecule has 19 heavy (non-hydrogen) atoms. The van der Waals surface area contributed by atoms with Crippen molar-refractivity contribution in [2.45, 2.75) is 19.9 Å². The van der Waals surface area contributed by atoms with Gasteiger partial charge in [0.25, 0.3) is 0 Å². The smallest absolute Gasteiger partial charge is 0.229 e. The number of hydrogen-bond donors (Lipinski definition) is 2. The van der Waals surface area contributed by atoms with Crippen LogP contribution >= 0.6 is 11.6 Å². The van der Waals surface area contributed by atoms with Crippen LogP contribution in [0.3, 0.4) is 0 Å². The fourth-order valence-corrected chi connectivity index (χ4v) is 1.83. The summed E-state index contributed by atoms with van der Waals surface area (Å²) in [5.74, 6) is 0.942. The van der Waals surface area contributed by atoms with E-state index in [2.05, 4.69) is 25.6 Å². The van der Waals surface area contributed by atoms with Crippen LogP contribution in [0.1, 0.15) is 25.5 Å². The third-order valence-electron chi connectivity index (χ3n) is 2.59. The van der Waals surface area contributed by atoms with Crippen molar-refractivity contribution in [1.82, 2.24) is 15.0 Å². The molecule has 0 saturated heterocycles. The summed E-state index contributed by atoms with van der Waals surface area (Å²) in [5.41, 5.74) is 1.16. The molecule has 0 aliphatic carbocycles. The molecule has 6 heteroatoms. The van der Waals surface area contributed by atoms with Crippen molar-refractivity contribution in [2.75, 3.05) is 17.2 Å². The van der Waals surface area contributed by atoms with Crippen LogP contribution in [0.4, 0.5) is 11.9 Å². The van der Waals surface area contributed by atoms with Gasteiger partial charge in [-0.1, -0.05) is 30.3 Å². The number of halogens is 1. The molecule has 0 aliphatic heterocycles. The number of hydrogen-bond acceptors (Lipinski definition) is 5. The third-order valence-corrected chi connectivity index (χ3v) is 2.76. The van der Waals surface area contributed by atoms with Crippen LogP contribution in [0.15, 0.2) is 30.3 Å². The molecule has 5 nitrogen and oxygen atoms in total. The lowest BCUT2D eigenvalue weighted by Gasteiger charge is -2.14. The first-order chi connectivity index (χ1) is 9.19. The lowest BCUT2D eigenvalue weighted by Crippen LogP contribution is -2.12. The molecule has 1 atom stereocenters. The van der Waals surface area contributed by atoms with Crippen LogP contribution < -0.4 is 10.6 Å². The predicted molar refractivity (Wildman–Crippen MR) is 77.5 cm³/mol. The van der Waals surface area contributed by atoms with Gasteiger partial charge in [0.2, 0.25) is 17.2 Å². The van der Waals surface area contributed by atoms with E-state index < -0.39 is 0 Å². The summed E-state index contributed by atoms with van der Waals surface area (Å²) in [7, 11) is 0. The zero-order chi connectivity index (χ0) is 13.7. The zero-order valence-electron chi connectivity index (χ0n) is 10.9. The molecule has 0 aliphatic rings. The topological polar surface area (TPSA) is 62.7 Å². The molecule has 0 saturated carbocycles. The van der Waals surface area contributed by atoms with Crippen LogP contribution in [0.25, 0.3) is 0 Å². The second kappa shape index (κ2) is 6.33. The Labute approximate surface area is 117 Å². The molecule has 0 spiro atoms. The minimum atomic E-state index is 0.0918. The van der Waals surface area contributed by atoms with Gasteiger partial charge in [-0.05, 0) is 31.0 Å². The fourth-order valence-electron chi connectivity index (χ4n) is 1.67. The molecular formula is C13H16ClN5. The molecule has 0 unspecified atom stereocenters. The Hall–Kier alpha value is -1.88. The zero-order valence-corrected chi connectivity index (χ0v) is 11.6. The van der Waals surface area contributed by atoms with Crippen molar-refractivity contribution in [2.24, 2.45) is 0 Å².